The van der Waals surface area contributed by atoms with Crippen molar-refractivity contribution in [3.8, 4) is 0 Å². The average molecular weight is 474 g/mol. The lowest BCUT2D eigenvalue weighted by molar-refractivity contribution is -0.140. The molecule has 0 fully saturated rings. The molecule has 1 aromatic rings. The molecule has 0 aliphatic rings. The van der Waals surface area contributed by atoms with Gasteiger partial charge in [-0.1, -0.05) is 71.0 Å². The summed E-state index contributed by atoms with van der Waals surface area (Å²) in [7, 11) is 3.43. The Labute approximate surface area is 205 Å². The fourth-order valence-corrected chi connectivity index (χ4v) is 3.92. The quantitative estimate of drug-likeness (QED) is 0.402. The van der Waals surface area contributed by atoms with E-state index in [-0.39, 0.29) is 24.5 Å². The number of esters is 1. The van der Waals surface area contributed by atoms with Gasteiger partial charge in [0.25, 0.3) is 0 Å². The molecule has 34 heavy (non-hydrogen) atoms. The van der Waals surface area contributed by atoms with Crippen LogP contribution in [0.25, 0.3) is 0 Å². The molecule has 0 spiro atoms. The zero-order chi connectivity index (χ0) is 26.3. The summed E-state index contributed by atoms with van der Waals surface area (Å²) in [6, 6.07) is 8.16. The van der Waals surface area contributed by atoms with Crippen LogP contribution in [0.5, 0.6) is 0 Å². The van der Waals surface area contributed by atoms with Crippen molar-refractivity contribution in [3.05, 3.63) is 47.5 Å². The number of amides is 2. The number of carbonyl (C=O) groups is 3. The largest absolute Gasteiger partial charge is 0.463 e. The Balaban J connectivity index is 3.15. The molecular weight excluding hydrogens is 430 g/mol. The first-order chi connectivity index (χ1) is 15.7. The van der Waals surface area contributed by atoms with Crippen LogP contribution in [-0.4, -0.2) is 61.5 Å². The topological polar surface area (TPSA) is 87.7 Å². The number of hydrogen-bond donors (Lipinski definition) is 2. The lowest BCUT2D eigenvalue weighted by Gasteiger charge is -2.38. The first-order valence-corrected chi connectivity index (χ1v) is 11.8. The van der Waals surface area contributed by atoms with E-state index >= 15 is 0 Å². The highest BCUT2D eigenvalue weighted by molar-refractivity contribution is 5.92. The van der Waals surface area contributed by atoms with Gasteiger partial charge < -0.3 is 20.3 Å². The Morgan fingerprint density at radius 3 is 2.09 bits per heavy atom. The minimum atomic E-state index is -0.758. The first-order valence-electron chi connectivity index (χ1n) is 11.8. The second-order valence-corrected chi connectivity index (χ2v) is 10.4. The smallest absolute Gasteiger partial charge is 0.333 e. The monoisotopic (exact) mass is 473 g/mol. The molecule has 7 nitrogen and oxygen atoms in total. The van der Waals surface area contributed by atoms with E-state index < -0.39 is 28.9 Å². The number of hydrogen-bond acceptors (Lipinski definition) is 5. The van der Waals surface area contributed by atoms with Gasteiger partial charge in [-0.25, -0.2) is 4.79 Å². The summed E-state index contributed by atoms with van der Waals surface area (Å²) in [5, 5.41) is 6.15. The van der Waals surface area contributed by atoms with Crippen LogP contribution in [0.4, 0.5) is 0 Å². The van der Waals surface area contributed by atoms with Crippen molar-refractivity contribution in [3.63, 3.8) is 0 Å². The van der Waals surface area contributed by atoms with Crippen LogP contribution in [0.3, 0.4) is 0 Å². The molecule has 0 saturated heterocycles. The molecular formula is C27H43N3O4. The number of ether oxygens (including phenoxy) is 1. The molecule has 0 aliphatic carbocycles. The predicted molar refractivity (Wildman–Crippen MR) is 136 cm³/mol. The molecule has 2 N–H and O–H groups in total. The maximum absolute atomic E-state index is 13.5. The van der Waals surface area contributed by atoms with Crippen LogP contribution in [0.1, 0.15) is 61.0 Å². The summed E-state index contributed by atoms with van der Waals surface area (Å²) in [6.07, 6.45) is 1.70. The van der Waals surface area contributed by atoms with Crippen molar-refractivity contribution in [2.24, 2.45) is 5.41 Å². The van der Waals surface area contributed by atoms with Crippen LogP contribution in [-0.2, 0) is 24.5 Å². The number of rotatable bonds is 10. The van der Waals surface area contributed by atoms with Gasteiger partial charge in [0.05, 0.1) is 12.6 Å². The molecule has 2 amide bonds. The summed E-state index contributed by atoms with van der Waals surface area (Å²) < 4.78 is 5.03. The van der Waals surface area contributed by atoms with Gasteiger partial charge in [-0.15, -0.1) is 0 Å². The Morgan fingerprint density at radius 1 is 1.06 bits per heavy atom. The zero-order valence-electron chi connectivity index (χ0n) is 22.5. The Morgan fingerprint density at radius 2 is 1.62 bits per heavy atom. The summed E-state index contributed by atoms with van der Waals surface area (Å²) in [4.78, 5) is 40.5. The van der Waals surface area contributed by atoms with E-state index in [2.05, 4.69) is 10.6 Å². The maximum atomic E-state index is 13.5. The van der Waals surface area contributed by atoms with Crippen molar-refractivity contribution in [1.82, 2.24) is 15.5 Å². The van der Waals surface area contributed by atoms with Crippen LogP contribution in [0, 0.1) is 5.41 Å². The Bertz CT molecular complexity index is 872. The lowest BCUT2D eigenvalue weighted by Crippen LogP contribution is -2.61. The average Bonchev–Trinajstić information content (AvgIpc) is 2.76. The molecule has 0 aliphatic heterocycles. The fourth-order valence-electron chi connectivity index (χ4n) is 3.92. The van der Waals surface area contributed by atoms with Crippen molar-refractivity contribution >= 4 is 17.8 Å². The third kappa shape index (κ3) is 7.42. The highest BCUT2D eigenvalue weighted by Crippen LogP contribution is 2.28. The van der Waals surface area contributed by atoms with Gasteiger partial charge in [-0.05, 0) is 38.8 Å². The third-order valence-electron chi connectivity index (χ3n) is 6.24. The van der Waals surface area contributed by atoms with E-state index in [1.165, 1.54) is 0 Å². The van der Waals surface area contributed by atoms with Crippen LogP contribution >= 0.6 is 0 Å². The molecule has 3 atom stereocenters. The summed E-state index contributed by atoms with van der Waals surface area (Å²) in [5.74, 6) is -0.881. The third-order valence-corrected chi connectivity index (χ3v) is 6.24. The second kappa shape index (κ2) is 12.2. The van der Waals surface area contributed by atoms with Gasteiger partial charge in [-0.2, -0.15) is 0 Å². The molecule has 0 radical (unpaired) electrons. The van der Waals surface area contributed by atoms with E-state index in [4.69, 9.17) is 4.74 Å². The van der Waals surface area contributed by atoms with Crippen molar-refractivity contribution < 1.29 is 19.1 Å². The highest BCUT2D eigenvalue weighted by Gasteiger charge is 2.41. The van der Waals surface area contributed by atoms with Crippen LogP contribution in [0.15, 0.2) is 42.0 Å². The number of likely N-dealkylation sites (N-methyl/N-ethyl adjacent to an activating group) is 2. The van der Waals surface area contributed by atoms with Crippen LogP contribution in [0.2, 0.25) is 0 Å². The summed E-state index contributed by atoms with van der Waals surface area (Å²) in [6.45, 7) is 15.3. The Kier molecular flexibility index (Phi) is 10.5. The van der Waals surface area contributed by atoms with Gasteiger partial charge in [-0.3, -0.25) is 9.59 Å². The first kappa shape index (κ1) is 29.4. The van der Waals surface area contributed by atoms with Gasteiger partial charge in [0.1, 0.15) is 6.04 Å². The minimum Gasteiger partial charge on any atom is -0.463 e. The zero-order valence-corrected chi connectivity index (χ0v) is 22.5. The van der Waals surface area contributed by atoms with E-state index in [1.807, 2.05) is 71.9 Å². The number of carbonyl (C=O) groups excluding carboxylic acids is 3. The van der Waals surface area contributed by atoms with Gasteiger partial charge in [0.2, 0.25) is 11.8 Å². The number of benzene rings is 1. The molecule has 0 bridgehead atoms. The predicted octanol–water partition coefficient (Wildman–Crippen LogP) is 3.44. The van der Waals surface area contributed by atoms with Crippen molar-refractivity contribution in [2.75, 3.05) is 20.7 Å². The maximum Gasteiger partial charge on any atom is 0.333 e. The number of nitrogens with one attached hydrogen (secondary N) is 2. The molecule has 0 saturated carbocycles. The summed E-state index contributed by atoms with van der Waals surface area (Å²) in [5.41, 5.74) is 0.415. The molecule has 190 valence electrons. The van der Waals surface area contributed by atoms with Crippen molar-refractivity contribution in [1.29, 1.82) is 0 Å². The molecule has 0 aromatic heterocycles. The number of nitrogens with zero attached hydrogens (tertiary/aromatic N) is 1. The van der Waals surface area contributed by atoms with E-state index in [0.29, 0.717) is 5.57 Å². The minimum absolute atomic E-state index is 0.228. The lowest BCUT2D eigenvalue weighted by atomic mass is 9.76. The van der Waals surface area contributed by atoms with Gasteiger partial charge in [0.15, 0.2) is 0 Å². The highest BCUT2D eigenvalue weighted by atomic mass is 16.5. The standard InChI is InChI=1S/C27H43N3O4/c1-11-34-25(33)18(2)17-19(3)30(10)24(32)22(26(4,5)6)29-23(31)21(28-9)27(7,8)20-15-13-12-14-16-20/h12-17,19,21-22,28H,11H2,1-10H3,(H,29,31)/t19-,21+,22+/m0/s1. The molecule has 0 unspecified atom stereocenters. The fraction of sp³-hybridized carbons (Fsp3) is 0.593. The molecule has 0 heterocycles. The van der Waals surface area contributed by atoms with Gasteiger partial charge in [0, 0.05) is 24.1 Å². The van der Waals surface area contributed by atoms with Crippen LogP contribution < -0.4 is 10.6 Å². The van der Waals surface area contributed by atoms with E-state index in [9.17, 15) is 14.4 Å². The van der Waals surface area contributed by atoms with Gasteiger partial charge >= 0.3 is 5.97 Å². The molecule has 1 aromatic carbocycles. The second-order valence-electron chi connectivity index (χ2n) is 10.4. The molecule has 7 heteroatoms. The van der Waals surface area contributed by atoms with Crippen molar-refractivity contribution in [2.45, 2.75) is 78.9 Å². The molecule has 1 rings (SSSR count). The Hall–Kier alpha value is -2.67. The SMILES string of the molecule is CCOC(=O)C(C)=C[C@H](C)N(C)C(=O)[C@@H](NC(=O)[C@@H](NC)C(C)(C)c1ccccc1)C(C)(C)C. The van der Waals surface area contributed by atoms with E-state index in [0.717, 1.165) is 5.56 Å². The summed E-state index contributed by atoms with van der Waals surface area (Å²) >= 11 is 0. The van der Waals surface area contributed by atoms with E-state index in [1.54, 1.807) is 38.9 Å². The normalized spacial score (nSPS) is 15.2.